The lowest BCUT2D eigenvalue weighted by Gasteiger charge is -2.16. The van der Waals surface area contributed by atoms with Crippen molar-refractivity contribution in [2.24, 2.45) is 5.92 Å². The summed E-state index contributed by atoms with van der Waals surface area (Å²) in [7, 11) is 2.69. The highest BCUT2D eigenvalue weighted by atomic mass is 16.5. The fourth-order valence-electron chi connectivity index (χ4n) is 2.88. The summed E-state index contributed by atoms with van der Waals surface area (Å²) in [6, 6.07) is 0.0915. The van der Waals surface area contributed by atoms with E-state index in [0.717, 1.165) is 25.5 Å². The largest absolute Gasteiger partial charge is 0.400 e. The Kier molecular flexibility index (Phi) is 7.17. The fraction of sp³-hybridized carbons (Fsp3) is 0.438. The number of rotatable bonds is 3. The van der Waals surface area contributed by atoms with Crippen molar-refractivity contribution < 1.29 is 9.84 Å². The van der Waals surface area contributed by atoms with Crippen molar-refractivity contribution in [3.05, 3.63) is 28.8 Å². The molecule has 3 rings (SSSR count). The Balaban J connectivity index is 0.000000671. The van der Waals surface area contributed by atoms with Crippen LogP contribution < -0.4 is 11.3 Å². The minimum Gasteiger partial charge on any atom is -0.400 e. The number of nitrogens with zero attached hydrogens (tertiary/aromatic N) is 3. The van der Waals surface area contributed by atoms with Gasteiger partial charge in [-0.2, -0.15) is 4.98 Å². The van der Waals surface area contributed by atoms with Crippen LogP contribution in [0.3, 0.4) is 0 Å². The molecule has 0 radical (unpaired) electrons. The highest BCUT2D eigenvalue weighted by Crippen LogP contribution is 2.39. The van der Waals surface area contributed by atoms with Crippen LogP contribution in [0, 0.1) is 18.8 Å². The number of imidazole rings is 1. The molecule has 0 saturated heterocycles. The van der Waals surface area contributed by atoms with Gasteiger partial charge in [-0.05, 0) is 18.4 Å². The second-order valence-electron chi connectivity index (χ2n) is 5.10. The first-order chi connectivity index (χ1) is 11.6. The van der Waals surface area contributed by atoms with Gasteiger partial charge in [-0.3, -0.25) is 9.78 Å². The number of anilines is 1. The maximum atomic E-state index is 11.8. The van der Waals surface area contributed by atoms with E-state index >= 15 is 0 Å². The van der Waals surface area contributed by atoms with E-state index in [2.05, 4.69) is 34.4 Å². The van der Waals surface area contributed by atoms with E-state index in [1.54, 1.807) is 13.4 Å². The number of nitrogens with two attached hydrogens (primary N) is 1. The summed E-state index contributed by atoms with van der Waals surface area (Å²) in [6.07, 6.45) is 11.6. The number of aliphatic hydroxyl groups is 1. The quantitative estimate of drug-likeness (QED) is 0.562. The number of aliphatic hydroxyl groups excluding tert-OH is 1. The average Bonchev–Trinajstić information content (AvgIpc) is 3.16. The lowest BCUT2D eigenvalue weighted by atomic mass is 10.0. The van der Waals surface area contributed by atoms with Crippen molar-refractivity contribution in [2.75, 3.05) is 26.6 Å². The van der Waals surface area contributed by atoms with E-state index in [1.165, 1.54) is 0 Å². The smallest absolute Gasteiger partial charge is 0.280 e. The van der Waals surface area contributed by atoms with Crippen LogP contribution in [0.2, 0.25) is 0 Å². The van der Waals surface area contributed by atoms with Gasteiger partial charge in [0, 0.05) is 20.1 Å². The van der Waals surface area contributed by atoms with E-state index in [9.17, 15) is 4.79 Å². The number of H-pyrrole nitrogens is 1. The van der Waals surface area contributed by atoms with Gasteiger partial charge in [-0.25, -0.2) is 4.98 Å². The minimum atomic E-state index is -0.316. The van der Waals surface area contributed by atoms with Gasteiger partial charge in [0.25, 0.3) is 5.56 Å². The highest BCUT2D eigenvalue weighted by molar-refractivity contribution is 5.70. The molecule has 0 aliphatic heterocycles. The van der Waals surface area contributed by atoms with E-state index in [0.29, 0.717) is 23.7 Å². The maximum Gasteiger partial charge on any atom is 0.280 e. The van der Waals surface area contributed by atoms with Crippen molar-refractivity contribution in [3.8, 4) is 12.8 Å². The molecule has 2 atom stereocenters. The fourth-order valence-corrected chi connectivity index (χ4v) is 2.88. The van der Waals surface area contributed by atoms with Crippen LogP contribution in [-0.4, -0.2) is 45.5 Å². The molecule has 1 aliphatic rings. The molecule has 0 amide bonds. The molecule has 2 aromatic heterocycles. The summed E-state index contributed by atoms with van der Waals surface area (Å²) in [4.78, 5) is 22.6. The normalized spacial score (nSPS) is 19.3. The lowest BCUT2D eigenvalue weighted by Crippen LogP contribution is -2.14. The summed E-state index contributed by atoms with van der Waals surface area (Å²) in [5.74, 6) is 0.433. The zero-order chi connectivity index (χ0) is 18.3. The number of terminal acetylenes is 1. The van der Waals surface area contributed by atoms with Crippen molar-refractivity contribution in [1.82, 2.24) is 19.5 Å². The number of aromatic nitrogens is 4. The molecular formula is C16H23N5O3. The van der Waals surface area contributed by atoms with Gasteiger partial charge in [0.05, 0.1) is 19.0 Å². The molecule has 2 aromatic rings. The third kappa shape index (κ3) is 3.64. The lowest BCUT2D eigenvalue weighted by molar-refractivity contribution is 0.168. The van der Waals surface area contributed by atoms with Crippen LogP contribution in [-0.2, 0) is 4.74 Å². The van der Waals surface area contributed by atoms with Gasteiger partial charge in [0.1, 0.15) is 0 Å². The number of aromatic amines is 1. The first kappa shape index (κ1) is 19.4. The van der Waals surface area contributed by atoms with Gasteiger partial charge < -0.3 is 20.1 Å². The number of methoxy groups -OCH3 is 1. The average molecular weight is 333 g/mol. The molecule has 0 unspecified atom stereocenters. The van der Waals surface area contributed by atoms with Crippen molar-refractivity contribution >= 4 is 17.1 Å². The maximum absolute atomic E-state index is 11.8. The van der Waals surface area contributed by atoms with E-state index in [4.69, 9.17) is 15.6 Å². The van der Waals surface area contributed by atoms with E-state index in [1.807, 2.05) is 4.57 Å². The summed E-state index contributed by atoms with van der Waals surface area (Å²) in [6.45, 7) is 4.83. The predicted octanol–water partition coefficient (Wildman–Crippen LogP) is 0.713. The SMILES string of the molecule is C#C.C=C1[C@H](COC)CC[C@@H]1n1cnc2c(=O)[nH]c(N)nc21.CO. The van der Waals surface area contributed by atoms with Crippen molar-refractivity contribution in [2.45, 2.75) is 18.9 Å². The predicted molar refractivity (Wildman–Crippen MR) is 93.4 cm³/mol. The second-order valence-corrected chi connectivity index (χ2v) is 5.10. The molecule has 1 saturated carbocycles. The van der Waals surface area contributed by atoms with E-state index < -0.39 is 0 Å². The molecule has 4 N–H and O–H groups in total. The summed E-state index contributed by atoms with van der Waals surface area (Å²) >= 11 is 0. The van der Waals surface area contributed by atoms with Gasteiger partial charge in [-0.15, -0.1) is 12.8 Å². The topological polar surface area (TPSA) is 119 Å². The minimum absolute atomic E-state index is 0.0915. The van der Waals surface area contributed by atoms with Gasteiger partial charge in [-0.1, -0.05) is 6.58 Å². The summed E-state index contributed by atoms with van der Waals surface area (Å²) < 4.78 is 7.10. The van der Waals surface area contributed by atoms with Crippen LogP contribution in [0.15, 0.2) is 23.3 Å². The molecule has 0 aromatic carbocycles. The Hall–Kier alpha value is -2.63. The zero-order valence-electron chi connectivity index (χ0n) is 13.9. The Morgan fingerprint density at radius 1 is 1.50 bits per heavy atom. The Bertz CT molecular complexity index is 762. The van der Waals surface area contributed by atoms with Gasteiger partial charge >= 0.3 is 0 Å². The highest BCUT2D eigenvalue weighted by Gasteiger charge is 2.31. The number of nitrogens with one attached hydrogen (secondary N) is 1. The van der Waals surface area contributed by atoms with Gasteiger partial charge in [0.2, 0.25) is 5.95 Å². The monoisotopic (exact) mass is 333 g/mol. The van der Waals surface area contributed by atoms with Crippen molar-refractivity contribution in [1.29, 1.82) is 0 Å². The van der Waals surface area contributed by atoms with Crippen LogP contribution in [0.1, 0.15) is 18.9 Å². The molecule has 0 bridgehead atoms. The summed E-state index contributed by atoms with van der Waals surface area (Å²) in [5.41, 5.74) is 7.20. The van der Waals surface area contributed by atoms with Crippen LogP contribution >= 0.6 is 0 Å². The molecule has 8 heteroatoms. The third-order valence-electron chi connectivity index (χ3n) is 3.90. The molecule has 8 nitrogen and oxygen atoms in total. The van der Waals surface area contributed by atoms with Crippen molar-refractivity contribution in [3.63, 3.8) is 0 Å². The molecule has 1 fully saturated rings. The zero-order valence-corrected chi connectivity index (χ0v) is 13.9. The Morgan fingerprint density at radius 2 is 2.17 bits per heavy atom. The molecule has 2 heterocycles. The first-order valence-electron chi connectivity index (χ1n) is 7.29. The standard InChI is InChI=1S/C13H17N5O2.C2H2.CH4O/c1-7-8(5-20-2)3-4-9(7)18-6-15-10-11(18)16-13(14)17-12(10)19;2*1-2/h6,8-9H,1,3-5H2,2H3,(H3,14,16,17,19);1-2H;2H,1H3/t8-,9-;;/m0../s1. The summed E-state index contributed by atoms with van der Waals surface area (Å²) in [5, 5.41) is 7.00. The van der Waals surface area contributed by atoms with Crippen LogP contribution in [0.5, 0.6) is 0 Å². The number of hydrogen-bond donors (Lipinski definition) is 3. The number of ether oxygens (including phenoxy) is 1. The third-order valence-corrected chi connectivity index (χ3v) is 3.90. The molecule has 130 valence electrons. The van der Waals surface area contributed by atoms with Crippen LogP contribution in [0.25, 0.3) is 11.2 Å². The molecule has 0 spiro atoms. The Morgan fingerprint density at radius 3 is 2.79 bits per heavy atom. The molecule has 24 heavy (non-hydrogen) atoms. The number of nitrogen functional groups attached to an aromatic ring is 1. The number of hydrogen-bond acceptors (Lipinski definition) is 6. The van der Waals surface area contributed by atoms with E-state index in [-0.39, 0.29) is 17.5 Å². The number of fused-ring (bicyclic) bond motifs is 1. The molecule has 1 aliphatic carbocycles. The van der Waals surface area contributed by atoms with Crippen LogP contribution in [0.4, 0.5) is 5.95 Å². The second kappa shape index (κ2) is 8.86. The Labute approximate surface area is 140 Å². The first-order valence-corrected chi connectivity index (χ1v) is 7.29. The van der Waals surface area contributed by atoms with Gasteiger partial charge in [0.15, 0.2) is 11.2 Å². The molecular weight excluding hydrogens is 310 g/mol.